The lowest BCUT2D eigenvalue weighted by Gasteiger charge is -2.05. The zero-order valence-corrected chi connectivity index (χ0v) is 11.1. The Morgan fingerprint density at radius 3 is 2.59 bits per heavy atom. The van der Waals surface area contributed by atoms with Gasteiger partial charge in [-0.1, -0.05) is 32.6 Å². The second-order valence-electron chi connectivity index (χ2n) is 4.15. The number of rotatable bonds is 7. The first kappa shape index (κ1) is 14.2. The molecule has 0 saturated carbocycles. The van der Waals surface area contributed by atoms with E-state index in [1.54, 1.807) is 0 Å². The van der Waals surface area contributed by atoms with Crippen molar-refractivity contribution in [3.8, 4) is 0 Å². The molecule has 0 spiro atoms. The van der Waals surface area contributed by atoms with E-state index in [-0.39, 0.29) is 11.5 Å². The summed E-state index contributed by atoms with van der Waals surface area (Å²) >= 11 is 0. The number of unbranched alkanes of at least 4 members (excludes halogenated alkanes) is 4. The molecule has 2 N–H and O–H groups in total. The third-order valence-corrected chi connectivity index (χ3v) is 4.17. The van der Waals surface area contributed by atoms with Gasteiger partial charge in [0.25, 0.3) is 0 Å². The molecule has 0 bridgehead atoms. The van der Waals surface area contributed by atoms with Gasteiger partial charge in [-0.3, -0.25) is 4.21 Å². The molecule has 1 unspecified atom stereocenters. The Morgan fingerprint density at radius 2 is 1.94 bits per heavy atom. The topological polar surface area (TPSA) is 43.1 Å². The van der Waals surface area contributed by atoms with E-state index < -0.39 is 10.8 Å². The van der Waals surface area contributed by atoms with Crippen LogP contribution in [0.25, 0.3) is 0 Å². The molecule has 2 nitrogen and oxygen atoms in total. The first-order valence-corrected chi connectivity index (χ1v) is 7.40. The molecule has 0 aliphatic carbocycles. The van der Waals surface area contributed by atoms with Gasteiger partial charge in [-0.25, -0.2) is 4.39 Å². The normalized spacial score (nSPS) is 12.6. The van der Waals surface area contributed by atoms with Crippen LogP contribution in [0.15, 0.2) is 23.1 Å². The minimum absolute atomic E-state index is 0.289. The predicted molar refractivity (Wildman–Crippen MR) is 70.8 cm³/mol. The average Bonchev–Trinajstić information content (AvgIpc) is 2.28. The van der Waals surface area contributed by atoms with E-state index in [0.717, 1.165) is 12.8 Å². The maximum absolute atomic E-state index is 12.8. The number of halogens is 1. The van der Waals surface area contributed by atoms with Crippen LogP contribution in [-0.4, -0.2) is 9.96 Å². The van der Waals surface area contributed by atoms with E-state index in [0.29, 0.717) is 10.6 Å². The maximum atomic E-state index is 12.8. The molecule has 1 atom stereocenters. The van der Waals surface area contributed by atoms with Crippen molar-refractivity contribution in [1.29, 1.82) is 0 Å². The van der Waals surface area contributed by atoms with E-state index >= 15 is 0 Å². The summed E-state index contributed by atoms with van der Waals surface area (Å²) in [6, 6.07) is 4.05. The summed E-state index contributed by atoms with van der Waals surface area (Å²) in [5.41, 5.74) is 5.93. The molecule has 0 amide bonds. The van der Waals surface area contributed by atoms with Crippen molar-refractivity contribution in [2.75, 3.05) is 11.5 Å². The smallest absolute Gasteiger partial charge is 0.125 e. The summed E-state index contributed by atoms with van der Waals surface area (Å²) in [5.74, 6) is 0.228. The standard InChI is InChI=1S/C13H20FNOS/c1-2-3-4-5-6-9-17(16)13-8-7-11(14)10-12(13)15/h7-8,10H,2-6,9,15H2,1H3. The van der Waals surface area contributed by atoms with Crippen LogP contribution in [-0.2, 0) is 10.8 Å². The van der Waals surface area contributed by atoms with E-state index in [1.165, 1.54) is 37.5 Å². The molecule has 0 radical (unpaired) electrons. The molecule has 0 fully saturated rings. The molecule has 0 saturated heterocycles. The number of benzene rings is 1. The summed E-state index contributed by atoms with van der Waals surface area (Å²) in [4.78, 5) is 0.557. The zero-order valence-electron chi connectivity index (χ0n) is 10.2. The van der Waals surface area contributed by atoms with Crippen LogP contribution in [0.5, 0.6) is 0 Å². The average molecular weight is 257 g/mol. The van der Waals surface area contributed by atoms with Crippen LogP contribution in [0.3, 0.4) is 0 Å². The van der Waals surface area contributed by atoms with Crippen LogP contribution in [0.4, 0.5) is 10.1 Å². The van der Waals surface area contributed by atoms with Crippen molar-refractivity contribution in [2.45, 2.75) is 43.9 Å². The van der Waals surface area contributed by atoms with Crippen LogP contribution >= 0.6 is 0 Å². The van der Waals surface area contributed by atoms with E-state index in [4.69, 9.17) is 5.73 Å². The molecule has 1 aromatic carbocycles. The molecule has 0 aliphatic heterocycles. The molecule has 96 valence electrons. The number of anilines is 1. The molecule has 1 rings (SSSR count). The monoisotopic (exact) mass is 257 g/mol. The van der Waals surface area contributed by atoms with E-state index in [1.807, 2.05) is 0 Å². The third kappa shape index (κ3) is 4.86. The third-order valence-electron chi connectivity index (χ3n) is 2.65. The Bertz CT molecular complexity index is 382. The maximum Gasteiger partial charge on any atom is 0.125 e. The summed E-state index contributed by atoms with van der Waals surface area (Å²) in [7, 11) is -1.10. The van der Waals surface area contributed by atoms with Gasteiger partial charge in [0.2, 0.25) is 0 Å². The Morgan fingerprint density at radius 1 is 1.24 bits per heavy atom. The van der Waals surface area contributed by atoms with E-state index in [2.05, 4.69) is 6.92 Å². The lowest BCUT2D eigenvalue weighted by molar-refractivity contribution is 0.626. The first-order chi connectivity index (χ1) is 8.15. The highest BCUT2D eigenvalue weighted by molar-refractivity contribution is 7.85. The highest BCUT2D eigenvalue weighted by Gasteiger charge is 2.08. The lowest BCUT2D eigenvalue weighted by Crippen LogP contribution is -2.02. The van der Waals surface area contributed by atoms with Gasteiger partial charge in [-0.15, -0.1) is 0 Å². The second kappa shape index (κ2) is 7.43. The van der Waals surface area contributed by atoms with Crippen molar-refractivity contribution in [3.63, 3.8) is 0 Å². The predicted octanol–water partition coefficient (Wildman–Crippen LogP) is 3.49. The van der Waals surface area contributed by atoms with Crippen LogP contribution < -0.4 is 5.73 Å². The Kier molecular flexibility index (Phi) is 6.19. The largest absolute Gasteiger partial charge is 0.398 e. The molecular formula is C13H20FNOS. The summed E-state index contributed by atoms with van der Waals surface area (Å²) in [6.07, 6.45) is 5.65. The minimum atomic E-state index is -1.10. The van der Waals surface area contributed by atoms with E-state index in [9.17, 15) is 8.60 Å². The minimum Gasteiger partial charge on any atom is -0.398 e. The first-order valence-electron chi connectivity index (χ1n) is 6.08. The van der Waals surface area contributed by atoms with Gasteiger partial charge < -0.3 is 5.73 Å². The lowest BCUT2D eigenvalue weighted by atomic mass is 10.2. The van der Waals surface area contributed by atoms with Gasteiger partial charge in [0.05, 0.1) is 21.4 Å². The highest BCUT2D eigenvalue weighted by atomic mass is 32.2. The zero-order chi connectivity index (χ0) is 12.7. The number of hydrogen-bond donors (Lipinski definition) is 1. The number of hydrogen-bond acceptors (Lipinski definition) is 2. The van der Waals surface area contributed by atoms with Crippen LogP contribution in [0.2, 0.25) is 0 Å². The summed E-state index contributed by atoms with van der Waals surface area (Å²) < 4.78 is 24.7. The Hall–Kier alpha value is -0.900. The fourth-order valence-corrected chi connectivity index (χ4v) is 2.90. The van der Waals surface area contributed by atoms with Crippen molar-refractivity contribution in [2.24, 2.45) is 0 Å². The van der Waals surface area contributed by atoms with Gasteiger partial charge >= 0.3 is 0 Å². The SMILES string of the molecule is CCCCCCCS(=O)c1ccc(F)cc1N. The summed E-state index contributed by atoms with van der Waals surface area (Å²) in [5, 5.41) is 0. The molecule has 17 heavy (non-hydrogen) atoms. The summed E-state index contributed by atoms with van der Waals surface area (Å²) in [6.45, 7) is 2.16. The molecule has 0 heterocycles. The van der Waals surface area contributed by atoms with Gasteiger partial charge in [0.15, 0.2) is 0 Å². The highest BCUT2D eigenvalue weighted by Crippen LogP contribution is 2.18. The van der Waals surface area contributed by atoms with Gasteiger partial charge in [0, 0.05) is 5.75 Å². The van der Waals surface area contributed by atoms with Crippen molar-refractivity contribution < 1.29 is 8.60 Å². The number of nitrogen functional groups attached to an aromatic ring is 1. The fourth-order valence-electron chi connectivity index (χ4n) is 1.67. The molecule has 4 heteroatoms. The Balaban J connectivity index is 2.42. The second-order valence-corrected chi connectivity index (χ2v) is 5.69. The van der Waals surface area contributed by atoms with Gasteiger partial charge in [0.1, 0.15) is 5.82 Å². The van der Waals surface area contributed by atoms with Crippen molar-refractivity contribution in [3.05, 3.63) is 24.0 Å². The number of nitrogens with two attached hydrogens (primary N) is 1. The van der Waals surface area contributed by atoms with Crippen LogP contribution in [0, 0.1) is 5.82 Å². The fraction of sp³-hybridized carbons (Fsp3) is 0.538. The molecular weight excluding hydrogens is 237 g/mol. The molecule has 1 aromatic rings. The van der Waals surface area contributed by atoms with Gasteiger partial charge in [-0.2, -0.15) is 0 Å². The van der Waals surface area contributed by atoms with Crippen molar-refractivity contribution in [1.82, 2.24) is 0 Å². The van der Waals surface area contributed by atoms with Gasteiger partial charge in [-0.05, 0) is 24.6 Å². The molecule has 0 aliphatic rings. The quantitative estimate of drug-likeness (QED) is 0.600. The van der Waals surface area contributed by atoms with Crippen molar-refractivity contribution >= 4 is 16.5 Å². The molecule has 0 aromatic heterocycles. The Labute approximate surface area is 105 Å². The van der Waals surface area contributed by atoms with Crippen LogP contribution in [0.1, 0.15) is 39.0 Å².